The molecule has 0 aromatic rings. The molecule has 18 heavy (non-hydrogen) atoms. The second kappa shape index (κ2) is 6.73. The molecule has 0 aromatic carbocycles. The van der Waals surface area contributed by atoms with Gasteiger partial charge in [-0.3, -0.25) is 0 Å². The number of nitrogens with two attached hydrogens (primary N) is 1. The van der Waals surface area contributed by atoms with Crippen molar-refractivity contribution in [2.75, 3.05) is 46.8 Å². The van der Waals surface area contributed by atoms with Gasteiger partial charge in [-0.05, 0) is 45.9 Å². The molecule has 2 N–H and O–H groups in total. The zero-order valence-electron chi connectivity index (χ0n) is 11.2. The lowest BCUT2D eigenvalue weighted by atomic mass is 9.95. The van der Waals surface area contributed by atoms with Crippen molar-refractivity contribution in [2.24, 2.45) is 17.6 Å². The minimum Gasteiger partial charge on any atom is -0.330 e. The van der Waals surface area contributed by atoms with Gasteiger partial charge in [0.25, 0.3) is 0 Å². The molecule has 1 unspecified atom stereocenters. The highest BCUT2D eigenvalue weighted by Gasteiger charge is 2.39. The van der Waals surface area contributed by atoms with Crippen LogP contribution in [0.25, 0.3) is 0 Å². The van der Waals surface area contributed by atoms with Crippen molar-refractivity contribution < 1.29 is 13.2 Å². The molecule has 1 saturated heterocycles. The molecule has 1 fully saturated rings. The third kappa shape index (κ3) is 5.12. The maximum absolute atomic E-state index is 12.6. The first-order chi connectivity index (χ1) is 8.32. The fourth-order valence-electron chi connectivity index (χ4n) is 2.49. The van der Waals surface area contributed by atoms with Crippen molar-refractivity contribution in [3.05, 3.63) is 0 Å². The average molecular weight is 267 g/mol. The van der Waals surface area contributed by atoms with Gasteiger partial charge in [-0.2, -0.15) is 13.2 Å². The van der Waals surface area contributed by atoms with Crippen molar-refractivity contribution in [1.82, 2.24) is 9.80 Å². The largest absolute Gasteiger partial charge is 0.394 e. The molecule has 6 heteroatoms. The Kier molecular flexibility index (Phi) is 5.88. The zero-order valence-corrected chi connectivity index (χ0v) is 11.2. The van der Waals surface area contributed by atoms with E-state index in [2.05, 4.69) is 4.90 Å². The molecular weight excluding hydrogens is 243 g/mol. The Hall–Kier alpha value is -0.330. The van der Waals surface area contributed by atoms with Crippen LogP contribution in [-0.2, 0) is 0 Å². The van der Waals surface area contributed by atoms with Gasteiger partial charge in [0.05, 0.1) is 5.92 Å². The minimum atomic E-state index is -4.17. The van der Waals surface area contributed by atoms with Crippen LogP contribution in [0.4, 0.5) is 13.2 Å². The molecule has 1 heterocycles. The van der Waals surface area contributed by atoms with Crippen LogP contribution in [0.5, 0.6) is 0 Å². The first-order valence-corrected chi connectivity index (χ1v) is 6.46. The molecule has 3 nitrogen and oxygen atoms in total. The quantitative estimate of drug-likeness (QED) is 0.817. The Bertz CT molecular complexity index is 235. The molecule has 1 rings (SSSR count). The summed E-state index contributed by atoms with van der Waals surface area (Å²) < 4.78 is 37.8. The van der Waals surface area contributed by atoms with Crippen LogP contribution in [0.2, 0.25) is 0 Å². The fourth-order valence-corrected chi connectivity index (χ4v) is 2.49. The Morgan fingerprint density at radius 1 is 1.28 bits per heavy atom. The van der Waals surface area contributed by atoms with E-state index < -0.39 is 12.1 Å². The summed E-state index contributed by atoms with van der Waals surface area (Å²) in [5.41, 5.74) is 5.22. The van der Waals surface area contributed by atoms with Crippen molar-refractivity contribution in [3.8, 4) is 0 Å². The summed E-state index contributed by atoms with van der Waals surface area (Å²) in [7, 11) is 4.06. The van der Waals surface area contributed by atoms with Gasteiger partial charge in [-0.25, -0.2) is 0 Å². The number of halogens is 3. The molecular formula is C12H24F3N3. The third-order valence-electron chi connectivity index (χ3n) is 3.56. The van der Waals surface area contributed by atoms with Gasteiger partial charge in [0, 0.05) is 19.6 Å². The number of hydrogen-bond acceptors (Lipinski definition) is 3. The maximum atomic E-state index is 12.6. The molecule has 108 valence electrons. The van der Waals surface area contributed by atoms with E-state index in [-0.39, 0.29) is 13.1 Å². The van der Waals surface area contributed by atoms with E-state index in [1.54, 1.807) is 0 Å². The summed E-state index contributed by atoms with van der Waals surface area (Å²) in [6.07, 6.45) is -2.21. The van der Waals surface area contributed by atoms with Crippen LogP contribution in [-0.4, -0.2) is 62.8 Å². The lowest BCUT2D eigenvalue weighted by molar-refractivity contribution is -0.177. The summed E-state index contributed by atoms with van der Waals surface area (Å²) in [6.45, 7) is 2.26. The minimum absolute atomic E-state index is 0.0503. The number of piperidine rings is 1. The van der Waals surface area contributed by atoms with Gasteiger partial charge in [0.15, 0.2) is 0 Å². The highest BCUT2D eigenvalue weighted by Crippen LogP contribution is 2.27. The smallest absolute Gasteiger partial charge is 0.330 e. The molecule has 0 bridgehead atoms. The first kappa shape index (κ1) is 15.7. The van der Waals surface area contributed by atoms with E-state index in [9.17, 15) is 13.2 Å². The highest BCUT2D eigenvalue weighted by molar-refractivity contribution is 4.78. The van der Waals surface area contributed by atoms with E-state index in [1.165, 1.54) is 0 Å². The van der Waals surface area contributed by atoms with Gasteiger partial charge in [-0.15, -0.1) is 0 Å². The lowest BCUT2D eigenvalue weighted by Crippen LogP contribution is -2.44. The van der Waals surface area contributed by atoms with Crippen LogP contribution >= 0.6 is 0 Å². The molecule has 0 aromatic heterocycles. The van der Waals surface area contributed by atoms with Gasteiger partial charge in [0.1, 0.15) is 0 Å². The second-order valence-electron chi connectivity index (χ2n) is 5.48. The van der Waals surface area contributed by atoms with E-state index in [0.717, 1.165) is 32.5 Å². The molecule has 1 aliphatic rings. The van der Waals surface area contributed by atoms with Crippen LogP contribution < -0.4 is 5.73 Å². The maximum Gasteiger partial charge on any atom is 0.394 e. The molecule has 0 spiro atoms. The number of likely N-dealkylation sites (tertiary alicyclic amines) is 1. The second-order valence-corrected chi connectivity index (χ2v) is 5.48. The molecule has 1 atom stereocenters. The summed E-state index contributed by atoms with van der Waals surface area (Å²) in [5.74, 6) is -0.777. The van der Waals surface area contributed by atoms with Gasteiger partial charge >= 0.3 is 6.18 Å². The molecule has 1 aliphatic heterocycles. The summed E-state index contributed by atoms with van der Waals surface area (Å²) >= 11 is 0. The van der Waals surface area contributed by atoms with Crippen LogP contribution in [0.1, 0.15) is 12.8 Å². The topological polar surface area (TPSA) is 32.5 Å². The first-order valence-electron chi connectivity index (χ1n) is 6.46. The number of nitrogens with zero attached hydrogens (tertiary/aromatic N) is 2. The SMILES string of the molecule is CN(C)CC1CCN(CC(CN)C(F)(F)F)CC1. The molecule has 0 saturated carbocycles. The van der Waals surface area contributed by atoms with Crippen molar-refractivity contribution in [3.63, 3.8) is 0 Å². The van der Waals surface area contributed by atoms with Crippen molar-refractivity contribution >= 4 is 0 Å². The van der Waals surface area contributed by atoms with Crippen LogP contribution in [0, 0.1) is 11.8 Å². The predicted octanol–water partition coefficient (Wildman–Crippen LogP) is 1.40. The van der Waals surface area contributed by atoms with Gasteiger partial charge in [0.2, 0.25) is 0 Å². The monoisotopic (exact) mass is 267 g/mol. The Morgan fingerprint density at radius 2 is 1.83 bits per heavy atom. The van der Waals surface area contributed by atoms with Gasteiger partial charge in [-0.1, -0.05) is 0 Å². The van der Waals surface area contributed by atoms with Crippen molar-refractivity contribution in [1.29, 1.82) is 0 Å². The van der Waals surface area contributed by atoms with E-state index in [0.29, 0.717) is 5.92 Å². The van der Waals surface area contributed by atoms with Crippen LogP contribution in [0.3, 0.4) is 0 Å². The Balaban J connectivity index is 2.34. The van der Waals surface area contributed by atoms with E-state index in [4.69, 9.17) is 5.73 Å². The van der Waals surface area contributed by atoms with E-state index >= 15 is 0 Å². The highest BCUT2D eigenvalue weighted by atomic mass is 19.4. The number of alkyl halides is 3. The summed E-state index contributed by atoms with van der Waals surface area (Å²) in [4.78, 5) is 4.04. The molecule has 0 amide bonds. The van der Waals surface area contributed by atoms with Gasteiger partial charge < -0.3 is 15.5 Å². The lowest BCUT2D eigenvalue weighted by Gasteiger charge is -2.35. The zero-order chi connectivity index (χ0) is 13.8. The average Bonchev–Trinajstić information content (AvgIpc) is 2.25. The standard InChI is InChI=1S/C12H24F3N3/c1-17(2)8-10-3-5-18(6-4-10)9-11(7-16)12(13,14)15/h10-11H,3-9,16H2,1-2H3. The molecule has 0 radical (unpaired) electrons. The predicted molar refractivity (Wildman–Crippen MR) is 66.3 cm³/mol. The van der Waals surface area contributed by atoms with Crippen LogP contribution in [0.15, 0.2) is 0 Å². The van der Waals surface area contributed by atoms with E-state index in [1.807, 2.05) is 19.0 Å². The van der Waals surface area contributed by atoms with Crippen molar-refractivity contribution in [2.45, 2.75) is 19.0 Å². The normalized spacial score (nSPS) is 21.5. The Labute approximate surface area is 107 Å². The number of hydrogen-bond donors (Lipinski definition) is 1. The number of rotatable bonds is 5. The Morgan fingerprint density at radius 3 is 2.22 bits per heavy atom. The third-order valence-corrected chi connectivity index (χ3v) is 3.56. The fraction of sp³-hybridized carbons (Fsp3) is 1.00. The summed E-state index contributed by atoms with van der Waals surface area (Å²) in [6, 6.07) is 0. The summed E-state index contributed by atoms with van der Waals surface area (Å²) in [5, 5.41) is 0. The molecule has 0 aliphatic carbocycles.